The zero-order chi connectivity index (χ0) is 14.7. The van der Waals surface area contributed by atoms with Crippen LogP contribution in [0, 0.1) is 13.8 Å². The quantitative estimate of drug-likeness (QED) is 0.908. The van der Waals surface area contributed by atoms with E-state index >= 15 is 0 Å². The van der Waals surface area contributed by atoms with Crippen LogP contribution in [0.15, 0.2) is 22.9 Å². The Kier molecular flexibility index (Phi) is 4.91. The van der Waals surface area contributed by atoms with E-state index in [1.165, 1.54) is 0 Å². The van der Waals surface area contributed by atoms with Crippen LogP contribution in [0.3, 0.4) is 0 Å². The van der Waals surface area contributed by atoms with Crippen molar-refractivity contribution in [1.29, 1.82) is 0 Å². The van der Waals surface area contributed by atoms with E-state index in [1.54, 1.807) is 24.2 Å². The van der Waals surface area contributed by atoms with E-state index in [-0.39, 0.29) is 0 Å². The average molecular weight is 340 g/mol. The van der Waals surface area contributed by atoms with Crippen LogP contribution in [-0.2, 0) is 11.3 Å². The number of pyridine rings is 1. The standard InChI is InChI=1S/C14H18BrN3O2/c1-9-6-10(2)12(16-7-9)14(19)13-11(15)8-17-18(13)4-5-20-3/h6-8,14,19H,4-5H2,1-3H3. The van der Waals surface area contributed by atoms with E-state index < -0.39 is 6.10 Å². The minimum atomic E-state index is -0.815. The first-order valence-corrected chi connectivity index (χ1v) is 7.15. The molecule has 0 fully saturated rings. The molecule has 5 nitrogen and oxygen atoms in total. The van der Waals surface area contributed by atoms with E-state index in [2.05, 4.69) is 26.0 Å². The van der Waals surface area contributed by atoms with Crippen molar-refractivity contribution in [2.24, 2.45) is 0 Å². The molecule has 1 unspecified atom stereocenters. The Morgan fingerprint density at radius 2 is 2.15 bits per heavy atom. The minimum absolute atomic E-state index is 0.536. The number of hydrogen-bond acceptors (Lipinski definition) is 4. The summed E-state index contributed by atoms with van der Waals surface area (Å²) >= 11 is 3.43. The van der Waals surface area contributed by atoms with Crippen LogP contribution >= 0.6 is 15.9 Å². The highest BCUT2D eigenvalue weighted by Crippen LogP contribution is 2.29. The maximum absolute atomic E-state index is 10.6. The molecule has 20 heavy (non-hydrogen) atoms. The Balaban J connectivity index is 2.37. The molecule has 2 heterocycles. The Morgan fingerprint density at radius 1 is 1.40 bits per heavy atom. The van der Waals surface area contributed by atoms with Crippen LogP contribution < -0.4 is 0 Å². The molecule has 2 aromatic heterocycles. The van der Waals surface area contributed by atoms with Gasteiger partial charge in [0.25, 0.3) is 0 Å². The van der Waals surface area contributed by atoms with Gasteiger partial charge in [0, 0.05) is 13.3 Å². The molecular formula is C14H18BrN3O2. The summed E-state index contributed by atoms with van der Waals surface area (Å²) in [5.41, 5.74) is 3.38. The topological polar surface area (TPSA) is 60.2 Å². The third kappa shape index (κ3) is 3.08. The van der Waals surface area contributed by atoms with Gasteiger partial charge in [-0.2, -0.15) is 5.10 Å². The van der Waals surface area contributed by atoms with Crippen LogP contribution in [0.2, 0.25) is 0 Å². The fourth-order valence-corrected chi connectivity index (χ4v) is 2.65. The average Bonchev–Trinajstić information content (AvgIpc) is 2.77. The van der Waals surface area contributed by atoms with Crippen LogP contribution in [0.1, 0.15) is 28.6 Å². The van der Waals surface area contributed by atoms with Gasteiger partial charge in [0.05, 0.1) is 35.2 Å². The summed E-state index contributed by atoms with van der Waals surface area (Å²) in [6.45, 7) is 5.05. The normalized spacial score (nSPS) is 12.7. The van der Waals surface area contributed by atoms with E-state index in [4.69, 9.17) is 4.74 Å². The summed E-state index contributed by atoms with van der Waals surface area (Å²) < 4.78 is 7.56. The van der Waals surface area contributed by atoms with Crippen molar-refractivity contribution in [3.05, 3.63) is 45.4 Å². The number of aromatic nitrogens is 3. The lowest BCUT2D eigenvalue weighted by atomic mass is 10.1. The van der Waals surface area contributed by atoms with Crippen LogP contribution in [0.5, 0.6) is 0 Å². The second kappa shape index (κ2) is 6.47. The van der Waals surface area contributed by atoms with E-state index in [1.807, 2.05) is 19.9 Å². The Labute approximate surface area is 126 Å². The number of aliphatic hydroxyl groups is 1. The van der Waals surface area contributed by atoms with E-state index in [0.717, 1.165) is 15.6 Å². The summed E-state index contributed by atoms with van der Waals surface area (Å²) in [4.78, 5) is 4.35. The second-order valence-electron chi connectivity index (χ2n) is 4.71. The summed E-state index contributed by atoms with van der Waals surface area (Å²) in [7, 11) is 1.64. The lowest BCUT2D eigenvalue weighted by molar-refractivity contribution is 0.169. The number of methoxy groups -OCH3 is 1. The molecule has 1 atom stereocenters. The first-order valence-electron chi connectivity index (χ1n) is 6.36. The lowest BCUT2D eigenvalue weighted by Crippen LogP contribution is -2.15. The zero-order valence-corrected chi connectivity index (χ0v) is 13.4. The second-order valence-corrected chi connectivity index (χ2v) is 5.57. The fraction of sp³-hybridized carbons (Fsp3) is 0.429. The highest BCUT2D eigenvalue weighted by atomic mass is 79.9. The van der Waals surface area contributed by atoms with Crippen LogP contribution in [0.25, 0.3) is 0 Å². The van der Waals surface area contributed by atoms with Gasteiger partial charge in [0.15, 0.2) is 0 Å². The molecular weight excluding hydrogens is 322 g/mol. The first kappa shape index (κ1) is 15.2. The number of rotatable bonds is 5. The maximum Gasteiger partial charge on any atom is 0.139 e. The van der Waals surface area contributed by atoms with Crippen LogP contribution in [-0.4, -0.2) is 33.6 Å². The number of aryl methyl sites for hydroxylation is 2. The zero-order valence-electron chi connectivity index (χ0n) is 11.8. The fourth-order valence-electron chi connectivity index (χ4n) is 2.14. The molecule has 0 radical (unpaired) electrons. The predicted molar refractivity (Wildman–Crippen MR) is 79.6 cm³/mol. The molecule has 0 amide bonds. The Bertz CT molecular complexity index is 598. The molecule has 0 bridgehead atoms. The molecule has 0 spiro atoms. The molecule has 0 aromatic carbocycles. The summed E-state index contributed by atoms with van der Waals surface area (Å²) in [5, 5.41) is 14.9. The molecule has 0 saturated carbocycles. The number of nitrogens with zero attached hydrogens (tertiary/aromatic N) is 3. The number of aliphatic hydroxyl groups excluding tert-OH is 1. The molecule has 0 aliphatic heterocycles. The van der Waals surface area contributed by atoms with Gasteiger partial charge in [-0.25, -0.2) is 0 Å². The minimum Gasteiger partial charge on any atom is -0.383 e. The number of halogens is 1. The third-order valence-electron chi connectivity index (χ3n) is 3.11. The van der Waals surface area contributed by atoms with E-state index in [0.29, 0.717) is 24.5 Å². The van der Waals surface area contributed by atoms with Crippen molar-refractivity contribution >= 4 is 15.9 Å². The van der Waals surface area contributed by atoms with Gasteiger partial charge in [0.1, 0.15) is 6.10 Å². The van der Waals surface area contributed by atoms with Crippen molar-refractivity contribution < 1.29 is 9.84 Å². The van der Waals surface area contributed by atoms with Gasteiger partial charge in [-0.05, 0) is 40.9 Å². The molecule has 2 rings (SSSR count). The van der Waals surface area contributed by atoms with Gasteiger partial charge < -0.3 is 9.84 Å². The third-order valence-corrected chi connectivity index (χ3v) is 3.72. The molecule has 0 saturated heterocycles. The molecule has 6 heteroatoms. The van der Waals surface area contributed by atoms with Crippen LogP contribution in [0.4, 0.5) is 0 Å². The van der Waals surface area contributed by atoms with Crippen molar-refractivity contribution in [2.45, 2.75) is 26.5 Å². The SMILES string of the molecule is COCCn1ncc(Br)c1C(O)c1ncc(C)cc1C. The van der Waals surface area contributed by atoms with Gasteiger partial charge in [0.2, 0.25) is 0 Å². The molecule has 2 aromatic rings. The predicted octanol–water partition coefficient (Wildman–Crippen LogP) is 2.39. The highest BCUT2D eigenvalue weighted by molar-refractivity contribution is 9.10. The molecule has 1 N–H and O–H groups in total. The summed E-state index contributed by atoms with van der Waals surface area (Å²) in [6.07, 6.45) is 2.62. The molecule has 108 valence electrons. The number of hydrogen-bond donors (Lipinski definition) is 1. The van der Waals surface area contributed by atoms with Crippen molar-refractivity contribution in [1.82, 2.24) is 14.8 Å². The van der Waals surface area contributed by atoms with Crippen molar-refractivity contribution in [2.75, 3.05) is 13.7 Å². The van der Waals surface area contributed by atoms with Gasteiger partial charge in [-0.15, -0.1) is 0 Å². The Morgan fingerprint density at radius 3 is 2.80 bits per heavy atom. The highest BCUT2D eigenvalue weighted by Gasteiger charge is 2.22. The Hall–Kier alpha value is -1.24. The summed E-state index contributed by atoms with van der Waals surface area (Å²) in [5.74, 6) is 0. The maximum atomic E-state index is 10.6. The van der Waals surface area contributed by atoms with Crippen molar-refractivity contribution in [3.63, 3.8) is 0 Å². The summed E-state index contributed by atoms with van der Waals surface area (Å²) in [6, 6.07) is 2.01. The smallest absolute Gasteiger partial charge is 0.139 e. The molecule has 0 aliphatic rings. The molecule has 0 aliphatic carbocycles. The van der Waals surface area contributed by atoms with Gasteiger partial charge in [-0.1, -0.05) is 6.07 Å². The van der Waals surface area contributed by atoms with Gasteiger partial charge in [-0.3, -0.25) is 9.67 Å². The van der Waals surface area contributed by atoms with E-state index in [9.17, 15) is 5.11 Å². The monoisotopic (exact) mass is 339 g/mol. The van der Waals surface area contributed by atoms with Gasteiger partial charge >= 0.3 is 0 Å². The lowest BCUT2D eigenvalue weighted by Gasteiger charge is -2.16. The first-order chi connectivity index (χ1) is 9.54. The number of ether oxygens (including phenoxy) is 1. The van der Waals surface area contributed by atoms with Crippen molar-refractivity contribution in [3.8, 4) is 0 Å². The largest absolute Gasteiger partial charge is 0.383 e.